The van der Waals surface area contributed by atoms with Crippen molar-refractivity contribution in [2.24, 2.45) is 0 Å². The Morgan fingerprint density at radius 2 is 1.91 bits per heavy atom. The van der Waals surface area contributed by atoms with E-state index in [2.05, 4.69) is 30.2 Å². The molecule has 1 fully saturated rings. The van der Waals surface area contributed by atoms with Crippen molar-refractivity contribution in [1.29, 1.82) is 0 Å². The van der Waals surface area contributed by atoms with E-state index in [1.54, 1.807) is 0 Å². The van der Waals surface area contributed by atoms with Crippen LogP contribution in [0.2, 0.25) is 0 Å². The fourth-order valence-corrected chi connectivity index (χ4v) is 2.79. The summed E-state index contributed by atoms with van der Waals surface area (Å²) in [5, 5.41) is 1.95. The van der Waals surface area contributed by atoms with Crippen molar-refractivity contribution in [2.75, 3.05) is 40.3 Å². The Morgan fingerprint density at radius 3 is 2.59 bits per heavy atom. The van der Waals surface area contributed by atoms with Crippen LogP contribution in [0, 0.1) is 0 Å². The molecular formula is C17H29N3O2. The predicted octanol–water partition coefficient (Wildman–Crippen LogP) is 1.74. The van der Waals surface area contributed by atoms with E-state index in [0.717, 1.165) is 31.9 Å². The van der Waals surface area contributed by atoms with Crippen LogP contribution >= 0.6 is 0 Å². The van der Waals surface area contributed by atoms with Crippen molar-refractivity contribution in [3.63, 3.8) is 0 Å². The molecule has 1 heterocycles. The van der Waals surface area contributed by atoms with Gasteiger partial charge in [0.1, 0.15) is 12.4 Å². The summed E-state index contributed by atoms with van der Waals surface area (Å²) in [4.78, 5) is 2.42. The lowest BCUT2D eigenvalue weighted by molar-refractivity contribution is -0.0699. The molecule has 1 aromatic rings. The van der Waals surface area contributed by atoms with Crippen molar-refractivity contribution in [2.45, 2.75) is 32.6 Å². The summed E-state index contributed by atoms with van der Waals surface area (Å²) in [6.45, 7) is 8.65. The summed E-state index contributed by atoms with van der Waals surface area (Å²) in [6, 6.07) is 8.21. The zero-order valence-corrected chi connectivity index (χ0v) is 14.2. The van der Waals surface area contributed by atoms with Gasteiger partial charge in [0.15, 0.2) is 0 Å². The van der Waals surface area contributed by atoms with E-state index >= 15 is 0 Å². The highest BCUT2D eigenvalue weighted by atomic mass is 16.5. The summed E-state index contributed by atoms with van der Waals surface area (Å²) < 4.78 is 11.8. The quantitative estimate of drug-likeness (QED) is 0.777. The minimum Gasteiger partial charge on any atom is -0.492 e. The van der Waals surface area contributed by atoms with Crippen molar-refractivity contribution in [3.8, 4) is 5.75 Å². The topological polar surface area (TPSA) is 37.0 Å². The van der Waals surface area contributed by atoms with Crippen LogP contribution in [0.4, 0.5) is 0 Å². The maximum absolute atomic E-state index is 6.00. The molecule has 0 saturated carbocycles. The minimum absolute atomic E-state index is 0.306. The molecule has 1 saturated heterocycles. The molecular weight excluding hydrogens is 278 g/mol. The molecule has 0 radical (unpaired) electrons. The largest absolute Gasteiger partial charge is 0.492 e. The Hall–Kier alpha value is -1.14. The summed E-state index contributed by atoms with van der Waals surface area (Å²) in [6.07, 6.45) is 0.612. The van der Waals surface area contributed by atoms with Gasteiger partial charge in [-0.2, -0.15) is 0 Å². The summed E-state index contributed by atoms with van der Waals surface area (Å²) >= 11 is 0. The number of ether oxygens (including phenoxy) is 2. The standard InChI is InChI=1S/C17H29N3O2/c1-14-12-20(13-15(2)22-14)9-10-21-17-8-6-5-7-16(17)11-18-19(3)4/h5-8,14-15,18H,9-13H2,1-4H3/t14-,15-/m0/s1. The number of nitrogens with one attached hydrogen (secondary N) is 1. The molecule has 1 aliphatic rings. The third kappa shape index (κ3) is 5.57. The SMILES string of the molecule is C[C@H]1CN(CCOc2ccccc2CNN(C)C)C[C@H](C)O1. The van der Waals surface area contributed by atoms with Gasteiger partial charge in [-0.3, -0.25) is 15.3 Å². The van der Waals surface area contributed by atoms with Crippen LogP contribution in [0.5, 0.6) is 5.75 Å². The van der Waals surface area contributed by atoms with Crippen LogP contribution in [0.25, 0.3) is 0 Å². The van der Waals surface area contributed by atoms with Gasteiger partial charge in [0.05, 0.1) is 12.2 Å². The average molecular weight is 307 g/mol. The van der Waals surface area contributed by atoms with Gasteiger partial charge < -0.3 is 9.47 Å². The van der Waals surface area contributed by atoms with E-state index in [0.29, 0.717) is 18.8 Å². The van der Waals surface area contributed by atoms with Crippen LogP contribution in [-0.4, -0.2) is 62.5 Å². The van der Waals surface area contributed by atoms with Crippen LogP contribution in [0.1, 0.15) is 19.4 Å². The molecule has 1 aliphatic heterocycles. The second-order valence-electron chi connectivity index (χ2n) is 6.20. The lowest BCUT2D eigenvalue weighted by atomic mass is 10.2. The summed E-state index contributed by atoms with van der Waals surface area (Å²) in [5.74, 6) is 0.964. The van der Waals surface area contributed by atoms with E-state index in [9.17, 15) is 0 Å². The first kappa shape index (κ1) is 17.2. The van der Waals surface area contributed by atoms with Crippen LogP contribution in [-0.2, 0) is 11.3 Å². The van der Waals surface area contributed by atoms with Crippen LogP contribution < -0.4 is 10.2 Å². The number of para-hydroxylation sites is 1. The molecule has 0 spiro atoms. The normalized spacial score (nSPS) is 23.0. The first-order chi connectivity index (χ1) is 10.5. The smallest absolute Gasteiger partial charge is 0.123 e. The van der Waals surface area contributed by atoms with Gasteiger partial charge in [-0.05, 0) is 19.9 Å². The Morgan fingerprint density at radius 1 is 1.23 bits per heavy atom. The molecule has 0 aliphatic carbocycles. The fraction of sp³-hybridized carbons (Fsp3) is 0.647. The summed E-state index contributed by atoms with van der Waals surface area (Å²) in [7, 11) is 3.98. The van der Waals surface area contributed by atoms with Gasteiger partial charge in [-0.15, -0.1) is 0 Å². The van der Waals surface area contributed by atoms with E-state index in [-0.39, 0.29) is 0 Å². The van der Waals surface area contributed by atoms with E-state index in [4.69, 9.17) is 9.47 Å². The van der Waals surface area contributed by atoms with Crippen molar-refractivity contribution < 1.29 is 9.47 Å². The monoisotopic (exact) mass is 307 g/mol. The van der Waals surface area contributed by atoms with Crippen molar-refractivity contribution in [3.05, 3.63) is 29.8 Å². The lowest BCUT2D eigenvalue weighted by Crippen LogP contribution is -2.46. The maximum atomic E-state index is 6.00. The predicted molar refractivity (Wildman–Crippen MR) is 88.9 cm³/mol. The van der Waals surface area contributed by atoms with Crippen molar-refractivity contribution in [1.82, 2.24) is 15.3 Å². The van der Waals surface area contributed by atoms with E-state index < -0.39 is 0 Å². The molecule has 1 N–H and O–H groups in total. The molecule has 0 amide bonds. The Kier molecular flexibility index (Phi) is 6.64. The highest BCUT2D eigenvalue weighted by molar-refractivity contribution is 5.33. The number of benzene rings is 1. The molecule has 0 unspecified atom stereocenters. The average Bonchev–Trinajstić information content (AvgIpc) is 2.45. The summed E-state index contributed by atoms with van der Waals surface area (Å²) in [5.41, 5.74) is 4.46. The van der Waals surface area contributed by atoms with Gasteiger partial charge in [0.25, 0.3) is 0 Å². The number of hydrogen-bond acceptors (Lipinski definition) is 5. The minimum atomic E-state index is 0.306. The Bertz CT molecular complexity index is 443. The van der Waals surface area contributed by atoms with Gasteiger partial charge >= 0.3 is 0 Å². The molecule has 0 bridgehead atoms. The van der Waals surface area contributed by atoms with Crippen LogP contribution in [0.3, 0.4) is 0 Å². The number of morpholine rings is 1. The van der Waals surface area contributed by atoms with Crippen LogP contribution in [0.15, 0.2) is 24.3 Å². The molecule has 5 heteroatoms. The molecule has 2 rings (SSSR count). The highest BCUT2D eigenvalue weighted by Gasteiger charge is 2.21. The zero-order valence-electron chi connectivity index (χ0n) is 14.2. The fourth-order valence-electron chi connectivity index (χ4n) is 2.79. The molecule has 124 valence electrons. The Labute approximate surface area is 134 Å². The molecule has 1 aromatic carbocycles. The maximum Gasteiger partial charge on any atom is 0.123 e. The molecule has 22 heavy (non-hydrogen) atoms. The van der Waals surface area contributed by atoms with Crippen molar-refractivity contribution >= 4 is 0 Å². The molecule has 0 aromatic heterocycles. The zero-order chi connectivity index (χ0) is 15.9. The van der Waals surface area contributed by atoms with E-state index in [1.807, 2.05) is 37.3 Å². The first-order valence-electron chi connectivity index (χ1n) is 8.04. The second-order valence-corrected chi connectivity index (χ2v) is 6.20. The van der Waals surface area contributed by atoms with E-state index in [1.165, 1.54) is 5.56 Å². The first-order valence-corrected chi connectivity index (χ1v) is 8.04. The number of rotatable bonds is 7. The third-order valence-electron chi connectivity index (χ3n) is 3.72. The Balaban J connectivity index is 1.81. The molecule has 5 nitrogen and oxygen atoms in total. The molecule has 2 atom stereocenters. The second kappa shape index (κ2) is 8.48. The number of nitrogens with zero attached hydrogens (tertiary/aromatic N) is 2. The number of hydrazine groups is 1. The number of hydrogen-bond donors (Lipinski definition) is 1. The van der Waals surface area contributed by atoms with Gasteiger partial charge in [0, 0.05) is 45.8 Å². The van der Waals surface area contributed by atoms with Gasteiger partial charge in [0.2, 0.25) is 0 Å². The third-order valence-corrected chi connectivity index (χ3v) is 3.72. The lowest BCUT2D eigenvalue weighted by Gasteiger charge is -2.35. The highest BCUT2D eigenvalue weighted by Crippen LogP contribution is 2.18. The van der Waals surface area contributed by atoms with Gasteiger partial charge in [-0.25, -0.2) is 0 Å². The van der Waals surface area contributed by atoms with Gasteiger partial charge in [-0.1, -0.05) is 18.2 Å².